The highest BCUT2D eigenvalue weighted by Crippen LogP contribution is 2.22. The van der Waals surface area contributed by atoms with E-state index in [1.54, 1.807) is 0 Å². The van der Waals surface area contributed by atoms with Gasteiger partial charge in [-0.25, -0.2) is 9.48 Å². The summed E-state index contributed by atoms with van der Waals surface area (Å²) in [6, 6.07) is 13.8. The molecule has 0 saturated carbocycles. The van der Waals surface area contributed by atoms with Crippen LogP contribution in [0.15, 0.2) is 54.9 Å². The van der Waals surface area contributed by atoms with E-state index in [2.05, 4.69) is 10.6 Å². The SMILES string of the molecule is CCCNC(=O)NCc1c(C)nn(-c2ccccc2)c1-n1cccc1. The molecule has 2 heterocycles. The number of aromatic nitrogens is 3. The molecule has 6 nitrogen and oxygen atoms in total. The summed E-state index contributed by atoms with van der Waals surface area (Å²) in [6.45, 7) is 5.08. The van der Waals surface area contributed by atoms with Crippen LogP contribution in [0.5, 0.6) is 0 Å². The molecular weight excluding hydrogens is 314 g/mol. The zero-order valence-corrected chi connectivity index (χ0v) is 14.6. The molecule has 130 valence electrons. The van der Waals surface area contributed by atoms with Crippen LogP contribution >= 0.6 is 0 Å². The van der Waals surface area contributed by atoms with Crippen molar-refractivity contribution in [2.45, 2.75) is 26.8 Å². The number of benzene rings is 1. The van der Waals surface area contributed by atoms with Gasteiger partial charge >= 0.3 is 6.03 Å². The number of nitrogens with one attached hydrogen (secondary N) is 2. The first kappa shape index (κ1) is 16.8. The zero-order valence-electron chi connectivity index (χ0n) is 14.6. The Bertz CT molecular complexity index is 821. The topological polar surface area (TPSA) is 63.9 Å². The Hall–Kier alpha value is -3.02. The molecule has 0 aliphatic carbocycles. The van der Waals surface area contributed by atoms with Gasteiger partial charge in [-0.3, -0.25) is 0 Å². The average molecular weight is 337 g/mol. The summed E-state index contributed by atoms with van der Waals surface area (Å²) in [5, 5.41) is 10.5. The Morgan fingerprint density at radius 3 is 2.48 bits per heavy atom. The number of aryl methyl sites for hydroxylation is 1. The molecule has 0 atom stereocenters. The fourth-order valence-corrected chi connectivity index (χ4v) is 2.71. The molecule has 0 spiro atoms. The Kier molecular flexibility index (Phi) is 5.18. The van der Waals surface area contributed by atoms with Crippen molar-refractivity contribution in [2.24, 2.45) is 0 Å². The van der Waals surface area contributed by atoms with Crippen LogP contribution in [0.25, 0.3) is 11.5 Å². The minimum atomic E-state index is -0.160. The summed E-state index contributed by atoms with van der Waals surface area (Å²) < 4.78 is 3.93. The van der Waals surface area contributed by atoms with Gasteiger partial charge in [0.2, 0.25) is 0 Å². The minimum absolute atomic E-state index is 0.160. The van der Waals surface area contributed by atoms with Crippen molar-refractivity contribution in [3.63, 3.8) is 0 Å². The number of carbonyl (C=O) groups is 1. The minimum Gasteiger partial charge on any atom is -0.338 e. The van der Waals surface area contributed by atoms with E-state index in [-0.39, 0.29) is 6.03 Å². The third-order valence-corrected chi connectivity index (χ3v) is 3.97. The Labute approximate surface area is 147 Å². The maximum Gasteiger partial charge on any atom is 0.315 e. The summed E-state index contributed by atoms with van der Waals surface area (Å²) in [6.07, 6.45) is 4.88. The molecule has 1 aromatic carbocycles. The highest BCUT2D eigenvalue weighted by Gasteiger charge is 2.18. The standard InChI is InChI=1S/C19H23N5O/c1-3-11-20-19(25)21-14-17-15(2)22-24(16-9-5-4-6-10-16)18(17)23-12-7-8-13-23/h4-10,12-13H,3,11,14H2,1-2H3,(H2,20,21,25). The van der Waals surface area contributed by atoms with Crippen LogP contribution in [0.3, 0.4) is 0 Å². The second-order valence-corrected chi connectivity index (χ2v) is 5.83. The molecule has 0 saturated heterocycles. The van der Waals surface area contributed by atoms with Gasteiger partial charge in [0.05, 0.1) is 17.9 Å². The number of hydrogen-bond acceptors (Lipinski definition) is 2. The summed E-state index contributed by atoms with van der Waals surface area (Å²) in [5.41, 5.74) is 2.87. The normalized spacial score (nSPS) is 10.6. The molecule has 2 amide bonds. The summed E-state index contributed by atoms with van der Waals surface area (Å²) >= 11 is 0. The van der Waals surface area contributed by atoms with Gasteiger partial charge in [-0.1, -0.05) is 25.1 Å². The number of rotatable bonds is 6. The molecule has 0 fully saturated rings. The molecule has 0 unspecified atom stereocenters. The smallest absolute Gasteiger partial charge is 0.315 e. The molecule has 0 aliphatic rings. The predicted molar refractivity (Wildman–Crippen MR) is 98.2 cm³/mol. The summed E-state index contributed by atoms with van der Waals surface area (Å²) in [4.78, 5) is 11.9. The van der Waals surface area contributed by atoms with E-state index in [0.29, 0.717) is 13.1 Å². The number of nitrogens with zero attached hydrogens (tertiary/aromatic N) is 3. The lowest BCUT2D eigenvalue weighted by Gasteiger charge is -2.12. The van der Waals surface area contributed by atoms with Crippen LogP contribution in [0.1, 0.15) is 24.6 Å². The number of para-hydroxylation sites is 1. The van der Waals surface area contributed by atoms with Gasteiger partial charge in [0, 0.05) is 24.5 Å². The van der Waals surface area contributed by atoms with Crippen molar-refractivity contribution in [1.82, 2.24) is 25.0 Å². The Morgan fingerprint density at radius 2 is 1.80 bits per heavy atom. The van der Waals surface area contributed by atoms with Crippen LogP contribution in [0.4, 0.5) is 4.79 Å². The maximum absolute atomic E-state index is 11.9. The van der Waals surface area contributed by atoms with Crippen molar-refractivity contribution in [2.75, 3.05) is 6.54 Å². The lowest BCUT2D eigenvalue weighted by atomic mass is 10.2. The van der Waals surface area contributed by atoms with E-state index in [9.17, 15) is 4.79 Å². The lowest BCUT2D eigenvalue weighted by Crippen LogP contribution is -2.35. The van der Waals surface area contributed by atoms with E-state index in [0.717, 1.165) is 29.2 Å². The van der Waals surface area contributed by atoms with Crippen molar-refractivity contribution >= 4 is 6.03 Å². The molecule has 0 radical (unpaired) electrons. The van der Waals surface area contributed by atoms with Gasteiger partial charge in [-0.15, -0.1) is 0 Å². The number of urea groups is 1. The van der Waals surface area contributed by atoms with Gasteiger partial charge in [-0.05, 0) is 37.6 Å². The molecule has 2 N–H and O–H groups in total. The molecule has 3 aromatic rings. The predicted octanol–water partition coefficient (Wildman–Crippen LogP) is 3.18. The third kappa shape index (κ3) is 3.74. The van der Waals surface area contributed by atoms with Crippen molar-refractivity contribution < 1.29 is 4.79 Å². The largest absolute Gasteiger partial charge is 0.338 e. The van der Waals surface area contributed by atoms with Crippen molar-refractivity contribution in [3.8, 4) is 11.5 Å². The molecular formula is C19H23N5O. The van der Waals surface area contributed by atoms with Gasteiger partial charge in [0.1, 0.15) is 5.82 Å². The van der Waals surface area contributed by atoms with Crippen LogP contribution in [0, 0.1) is 6.92 Å². The monoisotopic (exact) mass is 337 g/mol. The van der Waals surface area contributed by atoms with Crippen LogP contribution in [0.2, 0.25) is 0 Å². The third-order valence-electron chi connectivity index (χ3n) is 3.97. The molecule has 3 rings (SSSR count). The lowest BCUT2D eigenvalue weighted by molar-refractivity contribution is 0.240. The highest BCUT2D eigenvalue weighted by atomic mass is 16.2. The number of carbonyl (C=O) groups excluding carboxylic acids is 1. The van der Waals surface area contributed by atoms with Crippen molar-refractivity contribution in [1.29, 1.82) is 0 Å². The number of amides is 2. The molecule has 2 aromatic heterocycles. The highest BCUT2D eigenvalue weighted by molar-refractivity contribution is 5.74. The quantitative estimate of drug-likeness (QED) is 0.725. The molecule has 0 bridgehead atoms. The van der Waals surface area contributed by atoms with Crippen molar-refractivity contribution in [3.05, 3.63) is 66.1 Å². The fraction of sp³-hybridized carbons (Fsp3) is 0.263. The molecule has 6 heteroatoms. The van der Waals surface area contributed by atoms with Crippen LogP contribution in [-0.2, 0) is 6.54 Å². The first-order valence-electron chi connectivity index (χ1n) is 8.49. The van der Waals surface area contributed by atoms with Crippen LogP contribution in [-0.4, -0.2) is 26.9 Å². The summed E-state index contributed by atoms with van der Waals surface area (Å²) in [5.74, 6) is 0.935. The second-order valence-electron chi connectivity index (χ2n) is 5.83. The van der Waals surface area contributed by atoms with E-state index in [1.807, 2.05) is 78.0 Å². The first-order valence-corrected chi connectivity index (χ1v) is 8.49. The second kappa shape index (κ2) is 7.70. The Balaban J connectivity index is 1.95. The molecule has 0 aliphatic heterocycles. The average Bonchev–Trinajstić information content (AvgIpc) is 3.26. The molecule has 25 heavy (non-hydrogen) atoms. The Morgan fingerprint density at radius 1 is 1.08 bits per heavy atom. The number of hydrogen-bond donors (Lipinski definition) is 2. The van der Waals surface area contributed by atoms with Gasteiger partial charge in [0.25, 0.3) is 0 Å². The van der Waals surface area contributed by atoms with Crippen LogP contribution < -0.4 is 10.6 Å². The van der Waals surface area contributed by atoms with Gasteiger partial charge in [0.15, 0.2) is 0 Å². The van der Waals surface area contributed by atoms with Gasteiger partial charge in [-0.2, -0.15) is 5.10 Å². The fourth-order valence-electron chi connectivity index (χ4n) is 2.71. The zero-order chi connectivity index (χ0) is 17.6. The maximum atomic E-state index is 11.9. The van der Waals surface area contributed by atoms with E-state index in [1.165, 1.54) is 0 Å². The summed E-state index contributed by atoms with van der Waals surface area (Å²) in [7, 11) is 0. The van der Waals surface area contributed by atoms with E-state index < -0.39 is 0 Å². The van der Waals surface area contributed by atoms with Gasteiger partial charge < -0.3 is 15.2 Å². The van der Waals surface area contributed by atoms with E-state index >= 15 is 0 Å². The van der Waals surface area contributed by atoms with E-state index in [4.69, 9.17) is 5.10 Å². The first-order chi connectivity index (χ1) is 12.2.